The Hall–Kier alpha value is -5.37. The van der Waals surface area contributed by atoms with Gasteiger partial charge >= 0.3 is 17.9 Å². The van der Waals surface area contributed by atoms with Crippen molar-refractivity contribution in [1.29, 1.82) is 0 Å². The minimum Gasteiger partial charge on any atom is -0.493 e. The molecule has 0 bridgehead atoms. The number of methoxy groups -OCH3 is 6. The monoisotopic (exact) mass is 1290 g/mol. The Labute approximate surface area is 569 Å². The predicted octanol–water partition coefficient (Wildman–Crippen LogP) is 11.5. The van der Waals surface area contributed by atoms with Crippen molar-refractivity contribution in [1.82, 2.24) is 14.7 Å². The van der Waals surface area contributed by atoms with Gasteiger partial charge in [0.05, 0.1) is 50.7 Å². The summed E-state index contributed by atoms with van der Waals surface area (Å²) in [4.78, 5) is 45.5. The standard InChI is InChI=1S/2C25H40N2O4.C24H38N2O4/c2*1-15(2)23(26)24(28)31-20-12-19-18-11-22(30-7)21(29-6)10-16(18)8-9-27(19)14-17(20)13-25(3,4)5;1-14(2)9-17-13-26-8-7-16-10-21(28-5)22(29-6)11-18(16)19(26)12-20(17)30-24(27)23(25)15(3)4/h2*10-11,15,17,19-20,23H,8-9,12-14,26H2,1-7H3;10-11,14-15,17,19-20,23H,7-9,12-13,25H2,1-6H3/t2*17-,19-,20-,23+;17-,19-,20-,23-/m110/s1/i6D3;;1D3,5D3,9D2,14D/t2m;14?,17-,19-,20-,23-. The van der Waals surface area contributed by atoms with Crippen LogP contribution in [0.2, 0.25) is 0 Å². The summed E-state index contributed by atoms with van der Waals surface area (Å²) >= 11 is 0. The maximum atomic E-state index is 12.9. The molecular weight excluding hydrogens is 1160 g/mol. The lowest BCUT2D eigenvalue weighted by atomic mass is 9.75. The van der Waals surface area contributed by atoms with Crippen molar-refractivity contribution in [3.63, 3.8) is 0 Å². The molecule has 0 amide bonds. The molecule has 0 aromatic heterocycles. The fraction of sp³-hybridized carbons (Fsp3) is 0.716. The van der Waals surface area contributed by atoms with E-state index in [0.29, 0.717) is 31.1 Å². The van der Waals surface area contributed by atoms with E-state index in [1.807, 2.05) is 38.7 Å². The highest BCUT2D eigenvalue weighted by Crippen LogP contribution is 2.49. The quantitative estimate of drug-likeness (QED) is 0.0750. The summed E-state index contributed by atoms with van der Waals surface area (Å²) in [6.45, 7) is 26.8. The lowest BCUT2D eigenvalue weighted by molar-refractivity contribution is -0.161. The van der Waals surface area contributed by atoms with E-state index >= 15 is 0 Å². The number of nitrogens with zero attached hydrogens (tertiary/aromatic N) is 3. The van der Waals surface area contributed by atoms with Crippen LogP contribution in [0.15, 0.2) is 36.4 Å². The number of esters is 3. The number of benzene rings is 3. The van der Waals surface area contributed by atoms with Gasteiger partial charge in [-0.15, -0.1) is 0 Å². The van der Waals surface area contributed by atoms with E-state index in [0.717, 1.165) is 99.0 Å². The van der Waals surface area contributed by atoms with Crippen molar-refractivity contribution >= 4 is 17.9 Å². The predicted molar refractivity (Wildman–Crippen MR) is 363 cm³/mol. The molecule has 3 aromatic rings. The molecule has 6 N–H and O–H groups in total. The van der Waals surface area contributed by atoms with Crippen molar-refractivity contribution in [2.75, 3.05) is 81.8 Å². The van der Waals surface area contributed by atoms with Gasteiger partial charge in [0, 0.05) is 103 Å². The fourth-order valence-corrected chi connectivity index (χ4v) is 14.3. The molecule has 9 rings (SSSR count). The van der Waals surface area contributed by atoms with Crippen LogP contribution >= 0.6 is 0 Å². The fourth-order valence-electron chi connectivity index (χ4n) is 14.3. The molecule has 6 aliphatic heterocycles. The molecule has 13 atom stereocenters. The van der Waals surface area contributed by atoms with Gasteiger partial charge in [0.2, 0.25) is 0 Å². The minimum absolute atomic E-state index is 0.00460. The van der Waals surface area contributed by atoms with Crippen molar-refractivity contribution < 1.29 is 73.5 Å². The summed E-state index contributed by atoms with van der Waals surface area (Å²) in [7, 11) is 1.01. The van der Waals surface area contributed by atoms with Crippen LogP contribution in [-0.4, -0.2) is 151 Å². The molecule has 6 heterocycles. The van der Waals surface area contributed by atoms with Crippen LogP contribution in [0.1, 0.15) is 203 Å². The molecule has 0 saturated carbocycles. The second-order valence-corrected chi connectivity index (χ2v) is 29.7. The second kappa shape index (κ2) is 31.9. The third-order valence-corrected chi connectivity index (χ3v) is 19.3. The summed E-state index contributed by atoms with van der Waals surface area (Å²) in [5, 5.41) is 0. The summed E-state index contributed by atoms with van der Waals surface area (Å²) < 4.78 is 145. The number of nitrogens with two attached hydrogens (primary N) is 3. The maximum Gasteiger partial charge on any atom is 0.323 e. The Kier molecular flexibility index (Phi) is 20.1. The van der Waals surface area contributed by atoms with E-state index in [-0.39, 0.29) is 107 Å². The SMILES string of the molecule is COc1cc2c(cc1OC)[C@H]1C[C@@H](OC(=O)[C@@H](N)C(C)C)[C@H](CC(C)(C)C)CN1CC2.[2H]C([2H])([2H])Oc1cc2c(cc1OC)[C@@H]1C[C@H](OC(=O)[C@@H](N)C(C)C)[C@@H](C([2H])([2H])C([2H])(C)C([2H])([2H])[2H])CN1CC2.[2H]C([2H])([2H])Oc1cc2c(cc1OC)[C@H]1C[C@@H](OC(=O)[C@@H](N)C(C)C)[C@H](CC(C)(C)C)CN1CC2. The molecule has 18 nitrogen and oxygen atoms in total. The number of carbonyl (C=O) groups is 3. The van der Waals surface area contributed by atoms with E-state index < -0.39 is 69.3 Å². The van der Waals surface area contributed by atoms with Gasteiger partial charge in [-0.3, -0.25) is 29.1 Å². The number of carbonyl (C=O) groups excluding carboxylic acids is 3. The first-order valence-electron chi connectivity index (χ1n) is 39.1. The summed E-state index contributed by atoms with van der Waals surface area (Å²) in [6, 6.07) is 8.86. The Balaban J connectivity index is 0.000000220. The lowest BCUT2D eigenvalue weighted by Gasteiger charge is -2.48. The third kappa shape index (κ3) is 18.3. The highest BCUT2D eigenvalue weighted by molar-refractivity contribution is 5.77. The Morgan fingerprint density at radius 2 is 0.772 bits per heavy atom. The molecule has 516 valence electrons. The Bertz CT molecular complexity index is 3430. The zero-order valence-electron chi connectivity index (χ0n) is 70.0. The first-order valence-corrected chi connectivity index (χ1v) is 33.1. The molecule has 3 saturated heterocycles. The third-order valence-electron chi connectivity index (χ3n) is 19.3. The lowest BCUT2D eigenvalue weighted by Crippen LogP contribution is -2.51. The summed E-state index contributed by atoms with van der Waals surface area (Å²) in [5.41, 5.74) is 24.8. The molecule has 1 unspecified atom stereocenters. The molecule has 0 spiro atoms. The second-order valence-electron chi connectivity index (χ2n) is 29.7. The Morgan fingerprint density at radius 1 is 0.489 bits per heavy atom. The Morgan fingerprint density at radius 3 is 1.04 bits per heavy atom. The van der Waals surface area contributed by atoms with Gasteiger partial charge in [-0.2, -0.15) is 0 Å². The number of ether oxygens (including phenoxy) is 9. The van der Waals surface area contributed by atoms with Crippen LogP contribution in [0, 0.1) is 52.2 Å². The van der Waals surface area contributed by atoms with E-state index in [1.54, 1.807) is 46.3 Å². The van der Waals surface area contributed by atoms with Gasteiger partial charge in [0.25, 0.3) is 0 Å². The average Bonchev–Trinajstić information content (AvgIpc) is 0.773. The first-order chi connectivity index (χ1) is 47.9. The molecule has 3 fully saturated rings. The van der Waals surface area contributed by atoms with Crippen LogP contribution < -0.4 is 45.6 Å². The van der Waals surface area contributed by atoms with E-state index in [9.17, 15) is 14.4 Å². The number of piperidine rings is 3. The summed E-state index contributed by atoms with van der Waals surface area (Å²) in [6.07, 6.45) is 1.74. The first kappa shape index (κ1) is 58.0. The topological polar surface area (TPSA) is 222 Å². The number of rotatable bonds is 19. The largest absolute Gasteiger partial charge is 0.493 e. The minimum atomic E-state index is -2.93. The van der Waals surface area contributed by atoms with E-state index in [1.165, 1.54) is 25.3 Å². The highest BCUT2D eigenvalue weighted by Gasteiger charge is 2.46. The van der Waals surface area contributed by atoms with Crippen LogP contribution in [-0.2, 0) is 47.9 Å². The van der Waals surface area contributed by atoms with Gasteiger partial charge < -0.3 is 59.8 Å². The molecule has 0 radical (unpaired) electrons. The number of fused-ring (bicyclic) bond motifs is 9. The van der Waals surface area contributed by atoms with Crippen LogP contribution in [0.3, 0.4) is 0 Å². The van der Waals surface area contributed by atoms with E-state index in [2.05, 4.69) is 63.5 Å². The highest BCUT2D eigenvalue weighted by atomic mass is 16.6. The van der Waals surface area contributed by atoms with Gasteiger partial charge in [-0.05, 0) is 143 Å². The number of hydrogen-bond acceptors (Lipinski definition) is 18. The van der Waals surface area contributed by atoms with Gasteiger partial charge in [-0.1, -0.05) is 96.9 Å². The molecule has 92 heavy (non-hydrogen) atoms. The van der Waals surface area contributed by atoms with Gasteiger partial charge in [0.15, 0.2) is 34.5 Å². The zero-order valence-corrected chi connectivity index (χ0v) is 58.0. The van der Waals surface area contributed by atoms with Crippen molar-refractivity contribution in [3.05, 3.63) is 69.8 Å². The smallest absolute Gasteiger partial charge is 0.323 e. The molecular formula is C74H118N6O12. The molecule has 18 heteroatoms. The van der Waals surface area contributed by atoms with Crippen LogP contribution in [0.4, 0.5) is 0 Å². The van der Waals surface area contributed by atoms with Gasteiger partial charge in [0.1, 0.15) is 36.4 Å². The molecule has 3 aromatic carbocycles. The normalized spacial score (nSPS) is 28.0. The van der Waals surface area contributed by atoms with Crippen molar-refractivity contribution in [2.45, 2.75) is 209 Å². The zero-order chi connectivity index (χ0) is 78.1. The maximum absolute atomic E-state index is 12.9. The van der Waals surface area contributed by atoms with Crippen LogP contribution in [0.5, 0.6) is 34.5 Å². The molecule has 6 aliphatic rings. The van der Waals surface area contributed by atoms with E-state index in [4.69, 9.17) is 76.3 Å². The molecule has 0 aliphatic carbocycles. The van der Waals surface area contributed by atoms with Gasteiger partial charge in [-0.25, -0.2) is 0 Å². The van der Waals surface area contributed by atoms with Crippen LogP contribution in [0.25, 0.3) is 0 Å². The van der Waals surface area contributed by atoms with Crippen molar-refractivity contribution in [3.8, 4) is 34.5 Å². The average molecular weight is 1300 g/mol. The summed E-state index contributed by atoms with van der Waals surface area (Å²) in [5.74, 6) is -2.23. The number of hydrogen-bond donors (Lipinski definition) is 3. The van der Waals surface area contributed by atoms with Crippen molar-refractivity contribution in [2.24, 2.45) is 69.4 Å².